The van der Waals surface area contributed by atoms with E-state index in [1.54, 1.807) is 25.1 Å². The number of sulfonamides is 1. The van der Waals surface area contributed by atoms with Gasteiger partial charge in [-0.3, -0.25) is 9.71 Å². The Morgan fingerprint density at radius 1 is 1.28 bits per heavy atom. The van der Waals surface area contributed by atoms with Crippen molar-refractivity contribution in [2.24, 2.45) is 0 Å². The summed E-state index contributed by atoms with van der Waals surface area (Å²) in [6, 6.07) is 6.35. The molecular formula is C16H12BrClN6O4S. The molecule has 0 spiro atoms. The maximum Gasteiger partial charge on any atom is 0.417 e. The third kappa shape index (κ3) is 3.43. The lowest BCUT2D eigenvalue weighted by atomic mass is 10.2. The smallest absolute Gasteiger partial charge is 0.406 e. The minimum absolute atomic E-state index is 0.0471. The maximum atomic E-state index is 13.0. The lowest BCUT2D eigenvalue weighted by molar-refractivity contribution is 0.554. The Kier molecular flexibility index (Phi) is 4.71. The minimum Gasteiger partial charge on any atom is -0.406 e. The van der Waals surface area contributed by atoms with Crippen LogP contribution >= 0.6 is 27.5 Å². The molecule has 0 saturated carbocycles. The Morgan fingerprint density at radius 2 is 2.03 bits per heavy atom. The second-order valence-electron chi connectivity index (χ2n) is 6.14. The van der Waals surface area contributed by atoms with Crippen molar-refractivity contribution in [3.05, 3.63) is 55.7 Å². The van der Waals surface area contributed by atoms with Gasteiger partial charge in [-0.15, -0.1) is 5.10 Å². The van der Waals surface area contributed by atoms with Gasteiger partial charge in [-0.05, 0) is 64.0 Å². The van der Waals surface area contributed by atoms with Gasteiger partial charge in [0.05, 0.1) is 16.9 Å². The Morgan fingerprint density at radius 3 is 2.72 bits per heavy atom. The number of aromatic amines is 1. The summed E-state index contributed by atoms with van der Waals surface area (Å²) >= 11 is 9.43. The van der Waals surface area contributed by atoms with Gasteiger partial charge < -0.3 is 4.42 Å². The van der Waals surface area contributed by atoms with E-state index < -0.39 is 15.8 Å². The molecule has 4 aromatic rings. The van der Waals surface area contributed by atoms with Gasteiger partial charge in [0.25, 0.3) is 10.0 Å². The molecule has 0 saturated heterocycles. The number of rotatable bonds is 4. The van der Waals surface area contributed by atoms with Gasteiger partial charge in [0.1, 0.15) is 9.92 Å². The molecule has 0 atom stereocenters. The first kappa shape index (κ1) is 19.6. The Bertz CT molecular complexity index is 1430. The predicted molar refractivity (Wildman–Crippen MR) is 109 cm³/mol. The third-order valence-electron chi connectivity index (χ3n) is 4.15. The normalized spacial score (nSPS) is 11.9. The number of hydrogen-bond donors (Lipinski definition) is 2. The standard InChI is InChI=1S/C16H12BrClN6O4S/c1-7-3-4-9(5-12(7)24-8(2)20-22-23-24)21-29(26,27)15-10(17)6-11-14(13(15)18)28-16(25)19-11/h3-6,21H,1-2H3,(H,19,25). The number of fused-ring (bicyclic) bond motifs is 1. The first-order chi connectivity index (χ1) is 13.7. The maximum absolute atomic E-state index is 13.0. The van der Waals surface area contributed by atoms with E-state index in [-0.39, 0.29) is 31.2 Å². The summed E-state index contributed by atoms with van der Waals surface area (Å²) in [5.74, 6) is -0.192. The van der Waals surface area contributed by atoms with Crippen molar-refractivity contribution in [3.63, 3.8) is 0 Å². The van der Waals surface area contributed by atoms with Crippen LogP contribution in [0.1, 0.15) is 11.4 Å². The van der Waals surface area contributed by atoms with E-state index in [9.17, 15) is 13.2 Å². The van der Waals surface area contributed by atoms with E-state index in [1.165, 1.54) is 10.7 Å². The fraction of sp³-hybridized carbons (Fsp3) is 0.125. The Labute approximate surface area is 177 Å². The van der Waals surface area contributed by atoms with Gasteiger partial charge in [0.2, 0.25) is 0 Å². The molecular weight excluding hydrogens is 488 g/mol. The number of oxazole rings is 1. The molecule has 0 aliphatic heterocycles. The highest BCUT2D eigenvalue weighted by Crippen LogP contribution is 2.36. The number of nitrogens with zero attached hydrogens (tertiary/aromatic N) is 4. The second kappa shape index (κ2) is 6.97. The molecule has 0 unspecified atom stereocenters. The van der Waals surface area contributed by atoms with Crippen molar-refractivity contribution >= 4 is 54.3 Å². The van der Waals surface area contributed by atoms with Crippen LogP contribution in [0.4, 0.5) is 5.69 Å². The molecule has 13 heteroatoms. The minimum atomic E-state index is -4.13. The van der Waals surface area contributed by atoms with Crippen LogP contribution in [0.5, 0.6) is 0 Å². The van der Waals surface area contributed by atoms with Crippen LogP contribution in [0, 0.1) is 13.8 Å². The van der Waals surface area contributed by atoms with Crippen LogP contribution < -0.4 is 10.5 Å². The number of tetrazole rings is 1. The average Bonchev–Trinajstić information content (AvgIpc) is 3.21. The van der Waals surface area contributed by atoms with Crippen molar-refractivity contribution < 1.29 is 12.8 Å². The third-order valence-corrected chi connectivity index (χ3v) is 6.97. The second-order valence-corrected chi connectivity index (χ2v) is 8.99. The van der Waals surface area contributed by atoms with E-state index in [2.05, 4.69) is 41.2 Å². The predicted octanol–water partition coefficient (Wildman–Crippen LogP) is 2.93. The summed E-state index contributed by atoms with van der Waals surface area (Å²) in [6.07, 6.45) is 0. The molecule has 0 bridgehead atoms. The molecule has 2 aromatic heterocycles. The Balaban J connectivity index is 1.80. The number of aromatic nitrogens is 5. The summed E-state index contributed by atoms with van der Waals surface area (Å²) in [4.78, 5) is 13.6. The molecule has 2 heterocycles. The number of aryl methyl sites for hydroxylation is 2. The number of benzene rings is 2. The highest BCUT2D eigenvalue weighted by molar-refractivity contribution is 9.10. The highest BCUT2D eigenvalue weighted by atomic mass is 79.9. The molecule has 0 radical (unpaired) electrons. The van der Waals surface area contributed by atoms with E-state index >= 15 is 0 Å². The van der Waals surface area contributed by atoms with Crippen LogP contribution in [-0.2, 0) is 10.0 Å². The average molecular weight is 500 g/mol. The molecule has 0 aliphatic rings. The first-order valence-electron chi connectivity index (χ1n) is 8.07. The van der Waals surface area contributed by atoms with Crippen LogP contribution in [-0.4, -0.2) is 33.6 Å². The van der Waals surface area contributed by atoms with Crippen molar-refractivity contribution in [1.29, 1.82) is 0 Å². The van der Waals surface area contributed by atoms with Gasteiger partial charge in [0.15, 0.2) is 11.4 Å². The lowest BCUT2D eigenvalue weighted by Crippen LogP contribution is -2.15. The summed E-state index contributed by atoms with van der Waals surface area (Å²) in [5, 5.41) is 11.1. The zero-order valence-corrected chi connectivity index (χ0v) is 18.1. The van der Waals surface area contributed by atoms with Gasteiger partial charge in [-0.25, -0.2) is 13.2 Å². The van der Waals surface area contributed by atoms with Crippen molar-refractivity contribution in [1.82, 2.24) is 25.2 Å². The summed E-state index contributed by atoms with van der Waals surface area (Å²) in [7, 11) is -4.13. The SMILES string of the molecule is Cc1ccc(NS(=O)(=O)c2c(Br)cc3[nH]c(=O)oc3c2Cl)cc1-n1nnnc1C. The van der Waals surface area contributed by atoms with Gasteiger partial charge in [-0.2, -0.15) is 4.68 Å². The number of nitrogens with one attached hydrogen (secondary N) is 2. The fourth-order valence-corrected chi connectivity index (χ4v) is 5.72. The number of anilines is 1. The fourth-order valence-electron chi connectivity index (χ4n) is 2.81. The summed E-state index contributed by atoms with van der Waals surface area (Å²) in [5.41, 5.74) is 1.97. The van der Waals surface area contributed by atoms with Crippen LogP contribution in [0.3, 0.4) is 0 Å². The van der Waals surface area contributed by atoms with Crippen LogP contribution in [0.15, 0.2) is 42.8 Å². The largest absolute Gasteiger partial charge is 0.417 e. The van der Waals surface area contributed by atoms with E-state index in [1.807, 2.05) is 6.92 Å². The monoisotopic (exact) mass is 498 g/mol. The zero-order chi connectivity index (χ0) is 20.9. The van der Waals surface area contributed by atoms with Crippen molar-refractivity contribution in [2.75, 3.05) is 4.72 Å². The highest BCUT2D eigenvalue weighted by Gasteiger charge is 2.26. The molecule has 10 nitrogen and oxygen atoms in total. The molecule has 2 N–H and O–H groups in total. The van der Waals surface area contributed by atoms with Crippen LogP contribution in [0.25, 0.3) is 16.8 Å². The van der Waals surface area contributed by atoms with Gasteiger partial charge >= 0.3 is 5.76 Å². The molecule has 0 aliphatic carbocycles. The topological polar surface area (TPSA) is 136 Å². The molecule has 29 heavy (non-hydrogen) atoms. The van der Waals surface area contributed by atoms with E-state index in [4.69, 9.17) is 16.0 Å². The van der Waals surface area contributed by atoms with E-state index in [0.717, 1.165) is 5.56 Å². The van der Waals surface area contributed by atoms with Gasteiger partial charge in [-0.1, -0.05) is 17.7 Å². The quantitative estimate of drug-likeness (QED) is 0.440. The molecule has 0 fully saturated rings. The Hall–Kier alpha value is -2.70. The number of H-pyrrole nitrogens is 1. The van der Waals surface area contributed by atoms with Crippen LogP contribution in [0.2, 0.25) is 5.02 Å². The molecule has 150 valence electrons. The number of halogens is 2. The van der Waals surface area contributed by atoms with Gasteiger partial charge in [0, 0.05) is 4.47 Å². The zero-order valence-electron chi connectivity index (χ0n) is 14.9. The first-order valence-corrected chi connectivity index (χ1v) is 10.7. The number of hydrogen-bond acceptors (Lipinski definition) is 7. The summed E-state index contributed by atoms with van der Waals surface area (Å²) in [6.45, 7) is 3.58. The van der Waals surface area contributed by atoms with E-state index in [0.29, 0.717) is 11.5 Å². The van der Waals surface area contributed by atoms with Crippen molar-refractivity contribution in [3.8, 4) is 5.69 Å². The summed E-state index contributed by atoms with van der Waals surface area (Å²) < 4.78 is 35.2. The molecule has 0 amide bonds. The molecule has 2 aromatic carbocycles. The van der Waals surface area contributed by atoms with Crippen molar-refractivity contribution in [2.45, 2.75) is 18.7 Å². The lowest BCUT2D eigenvalue weighted by Gasteiger charge is -2.13. The molecule has 4 rings (SSSR count).